The predicted octanol–water partition coefficient (Wildman–Crippen LogP) is 2.52. The lowest BCUT2D eigenvalue weighted by molar-refractivity contribution is 0.145. The highest BCUT2D eigenvalue weighted by Gasteiger charge is 2.29. The summed E-state index contributed by atoms with van der Waals surface area (Å²) < 4.78 is 0. The number of piperidine rings is 1. The van der Waals surface area contributed by atoms with Gasteiger partial charge in [-0.05, 0) is 25.0 Å². The quantitative estimate of drug-likeness (QED) is 0.856. The van der Waals surface area contributed by atoms with Crippen molar-refractivity contribution in [1.29, 1.82) is 0 Å². The molecule has 1 fully saturated rings. The predicted molar refractivity (Wildman–Crippen MR) is 92.2 cm³/mol. The van der Waals surface area contributed by atoms with Gasteiger partial charge in [-0.2, -0.15) is 0 Å². The average Bonchev–Trinajstić information content (AvgIpc) is 2.62. The largest absolute Gasteiger partial charge is 0.393 e. The van der Waals surface area contributed by atoms with E-state index in [4.69, 9.17) is 6.42 Å². The fourth-order valence-electron chi connectivity index (χ4n) is 3.05. The minimum absolute atomic E-state index is 0.185. The zero-order valence-corrected chi connectivity index (χ0v) is 13.0. The van der Waals surface area contributed by atoms with E-state index in [0.29, 0.717) is 11.1 Å². The molecule has 1 saturated heterocycles. The van der Waals surface area contributed by atoms with Crippen LogP contribution in [0.5, 0.6) is 0 Å². The normalized spacial score (nSPS) is 18.2. The molecule has 1 aliphatic rings. The standard InChI is InChI=1S/C20H21NO2/c1-2-20(23,16-6-4-3-5-7-16)17-8-10-18(11-9-17)21-14-12-19(22)13-15-21/h1,3-11,19,22-23H,12-15H2. The average molecular weight is 307 g/mol. The Morgan fingerprint density at radius 1 is 0.957 bits per heavy atom. The van der Waals surface area contributed by atoms with Crippen molar-refractivity contribution in [1.82, 2.24) is 0 Å². The molecule has 0 aliphatic carbocycles. The van der Waals surface area contributed by atoms with Gasteiger partial charge in [-0.3, -0.25) is 0 Å². The lowest BCUT2D eigenvalue weighted by Gasteiger charge is -2.32. The van der Waals surface area contributed by atoms with Crippen molar-refractivity contribution in [3.05, 3.63) is 65.7 Å². The number of hydrogen-bond acceptors (Lipinski definition) is 3. The highest BCUT2D eigenvalue weighted by Crippen LogP contribution is 2.30. The number of aliphatic hydroxyl groups excluding tert-OH is 1. The summed E-state index contributed by atoms with van der Waals surface area (Å²) >= 11 is 0. The lowest BCUT2D eigenvalue weighted by atomic mass is 9.87. The first kappa shape index (κ1) is 15.6. The minimum Gasteiger partial charge on any atom is -0.393 e. The Morgan fingerprint density at radius 2 is 1.52 bits per heavy atom. The van der Waals surface area contributed by atoms with Gasteiger partial charge in [0.25, 0.3) is 0 Å². The van der Waals surface area contributed by atoms with Crippen LogP contribution >= 0.6 is 0 Å². The molecule has 2 aromatic carbocycles. The molecular formula is C20H21NO2. The molecule has 118 valence electrons. The zero-order valence-electron chi connectivity index (χ0n) is 13.0. The molecule has 1 unspecified atom stereocenters. The van der Waals surface area contributed by atoms with Gasteiger partial charge >= 0.3 is 0 Å². The molecule has 3 rings (SSSR count). The van der Waals surface area contributed by atoms with Gasteiger partial charge in [-0.25, -0.2) is 0 Å². The molecule has 0 aromatic heterocycles. The second kappa shape index (κ2) is 6.45. The minimum atomic E-state index is -1.42. The number of hydrogen-bond donors (Lipinski definition) is 2. The van der Waals surface area contributed by atoms with Crippen LogP contribution in [0.3, 0.4) is 0 Å². The highest BCUT2D eigenvalue weighted by atomic mass is 16.3. The molecule has 3 heteroatoms. The summed E-state index contributed by atoms with van der Waals surface area (Å²) in [4.78, 5) is 2.24. The summed E-state index contributed by atoms with van der Waals surface area (Å²) in [7, 11) is 0. The molecule has 0 amide bonds. The van der Waals surface area contributed by atoms with Gasteiger partial charge in [0, 0.05) is 29.9 Å². The Bertz CT molecular complexity index is 682. The zero-order chi connectivity index (χ0) is 16.3. The molecule has 0 spiro atoms. The number of terminal acetylenes is 1. The van der Waals surface area contributed by atoms with Crippen molar-refractivity contribution in [3.8, 4) is 12.3 Å². The van der Waals surface area contributed by atoms with Crippen LogP contribution in [0.2, 0.25) is 0 Å². The number of rotatable bonds is 3. The Kier molecular flexibility index (Phi) is 4.38. The highest BCUT2D eigenvalue weighted by molar-refractivity contribution is 5.52. The monoisotopic (exact) mass is 307 g/mol. The van der Waals surface area contributed by atoms with Crippen LogP contribution in [0.25, 0.3) is 0 Å². The Morgan fingerprint density at radius 3 is 2.09 bits per heavy atom. The maximum Gasteiger partial charge on any atom is 0.176 e. The first-order chi connectivity index (χ1) is 11.1. The summed E-state index contributed by atoms with van der Waals surface area (Å²) in [5.41, 5.74) is 1.05. The molecule has 0 saturated carbocycles. The van der Waals surface area contributed by atoms with Crippen molar-refractivity contribution in [2.75, 3.05) is 18.0 Å². The van der Waals surface area contributed by atoms with E-state index in [0.717, 1.165) is 31.6 Å². The molecule has 23 heavy (non-hydrogen) atoms. The molecule has 3 nitrogen and oxygen atoms in total. The van der Waals surface area contributed by atoms with E-state index in [1.165, 1.54) is 0 Å². The molecule has 2 aromatic rings. The SMILES string of the molecule is C#CC(O)(c1ccccc1)c1ccc(N2CCC(O)CC2)cc1. The summed E-state index contributed by atoms with van der Waals surface area (Å²) in [6, 6.07) is 17.0. The van der Waals surface area contributed by atoms with E-state index in [1.54, 1.807) is 0 Å². The van der Waals surface area contributed by atoms with Crippen molar-refractivity contribution < 1.29 is 10.2 Å². The van der Waals surface area contributed by atoms with Gasteiger partial charge < -0.3 is 15.1 Å². The van der Waals surface area contributed by atoms with Gasteiger partial charge in [0.05, 0.1) is 6.10 Å². The van der Waals surface area contributed by atoms with Crippen LogP contribution in [0.1, 0.15) is 24.0 Å². The van der Waals surface area contributed by atoms with Crippen LogP contribution in [0.4, 0.5) is 5.69 Å². The maximum absolute atomic E-state index is 10.9. The first-order valence-electron chi connectivity index (χ1n) is 7.93. The van der Waals surface area contributed by atoms with Gasteiger partial charge in [0.1, 0.15) is 0 Å². The van der Waals surface area contributed by atoms with Crippen molar-refractivity contribution in [2.24, 2.45) is 0 Å². The maximum atomic E-state index is 10.9. The third kappa shape index (κ3) is 3.10. The Hall–Kier alpha value is -2.28. The van der Waals surface area contributed by atoms with Crippen molar-refractivity contribution in [3.63, 3.8) is 0 Å². The smallest absolute Gasteiger partial charge is 0.176 e. The van der Waals surface area contributed by atoms with E-state index in [2.05, 4.69) is 10.8 Å². The topological polar surface area (TPSA) is 43.7 Å². The number of nitrogens with zero attached hydrogens (tertiary/aromatic N) is 1. The van der Waals surface area contributed by atoms with Crippen LogP contribution in [-0.2, 0) is 5.60 Å². The van der Waals surface area contributed by atoms with E-state index in [9.17, 15) is 10.2 Å². The summed E-state index contributed by atoms with van der Waals surface area (Å²) in [6.07, 6.45) is 7.03. The Labute approximate surface area is 137 Å². The van der Waals surface area contributed by atoms with Crippen LogP contribution in [0, 0.1) is 12.3 Å². The molecule has 0 radical (unpaired) electrons. The third-order valence-corrected chi connectivity index (χ3v) is 4.52. The van der Waals surface area contributed by atoms with Crippen molar-refractivity contribution >= 4 is 5.69 Å². The molecule has 0 bridgehead atoms. The second-order valence-corrected chi connectivity index (χ2v) is 5.99. The lowest BCUT2D eigenvalue weighted by Crippen LogP contribution is -2.35. The fourth-order valence-corrected chi connectivity index (χ4v) is 3.05. The van der Waals surface area contributed by atoms with Gasteiger partial charge in [0.15, 0.2) is 5.60 Å². The summed E-state index contributed by atoms with van der Waals surface area (Å²) in [5.74, 6) is 2.52. The van der Waals surface area contributed by atoms with E-state index < -0.39 is 5.60 Å². The molecule has 2 N–H and O–H groups in total. The first-order valence-corrected chi connectivity index (χ1v) is 7.93. The fraction of sp³-hybridized carbons (Fsp3) is 0.300. The molecule has 1 aliphatic heterocycles. The number of benzene rings is 2. The summed E-state index contributed by atoms with van der Waals surface area (Å²) in [5, 5.41) is 20.5. The van der Waals surface area contributed by atoms with Crippen molar-refractivity contribution in [2.45, 2.75) is 24.5 Å². The molecule has 1 heterocycles. The van der Waals surface area contributed by atoms with E-state index in [-0.39, 0.29) is 6.10 Å². The molecule has 1 atom stereocenters. The van der Waals surface area contributed by atoms with Gasteiger partial charge in [0.2, 0.25) is 0 Å². The third-order valence-electron chi connectivity index (χ3n) is 4.52. The summed E-state index contributed by atoms with van der Waals surface area (Å²) in [6.45, 7) is 1.69. The number of aliphatic hydroxyl groups is 2. The van der Waals surface area contributed by atoms with E-state index in [1.807, 2.05) is 54.6 Å². The van der Waals surface area contributed by atoms with Gasteiger partial charge in [-0.15, -0.1) is 6.42 Å². The molecular weight excluding hydrogens is 286 g/mol. The van der Waals surface area contributed by atoms with Crippen LogP contribution in [-0.4, -0.2) is 29.4 Å². The number of anilines is 1. The Balaban J connectivity index is 1.85. The van der Waals surface area contributed by atoms with Gasteiger partial charge in [-0.1, -0.05) is 48.4 Å². The van der Waals surface area contributed by atoms with Crippen LogP contribution < -0.4 is 4.90 Å². The van der Waals surface area contributed by atoms with E-state index >= 15 is 0 Å². The second-order valence-electron chi connectivity index (χ2n) is 5.99. The van der Waals surface area contributed by atoms with Crippen LogP contribution in [0.15, 0.2) is 54.6 Å².